The van der Waals surface area contributed by atoms with E-state index in [0.717, 1.165) is 129 Å². The van der Waals surface area contributed by atoms with Crippen LogP contribution in [0.5, 0.6) is 34.5 Å². The van der Waals surface area contributed by atoms with E-state index < -0.39 is 11.9 Å². The van der Waals surface area contributed by atoms with E-state index in [2.05, 4.69) is 14.1 Å². The number of nitrogens with zero attached hydrogens (tertiary/aromatic N) is 2. The van der Waals surface area contributed by atoms with Gasteiger partial charge in [0.25, 0.3) is 0 Å². The summed E-state index contributed by atoms with van der Waals surface area (Å²) in [5.41, 5.74) is 2.10. The summed E-state index contributed by atoms with van der Waals surface area (Å²) >= 11 is 0. The SMILES string of the molecule is COc1cc(C[N+]2(C)[C@@H]3CC[C@H]2CC(OC(=O)CCCCCCCCCC(=O)OC2C[C@H]4CC[C@@H](C2)[N+]4(C)Cc2cc(OC)c(OC(C)=O)c(OC)c2)C3)cc(OC)c1OC(C)=O.[Br-].[Br-]. The van der Waals surface area contributed by atoms with Crippen LogP contribution in [-0.4, -0.2) is 112 Å². The van der Waals surface area contributed by atoms with Gasteiger partial charge in [0, 0.05) is 89.2 Å². The van der Waals surface area contributed by atoms with Gasteiger partial charge in [0.1, 0.15) is 25.3 Å². The van der Waals surface area contributed by atoms with E-state index in [-0.39, 0.29) is 58.1 Å². The zero-order chi connectivity index (χ0) is 45.3. The fraction of sp³-hybridized carbons (Fsp3) is 0.673. The number of carbonyl (C=O) groups excluding carboxylic acids is 4. The number of piperidine rings is 2. The van der Waals surface area contributed by atoms with Crippen LogP contribution in [0.15, 0.2) is 24.3 Å². The lowest BCUT2D eigenvalue weighted by molar-refractivity contribution is -0.961. The lowest BCUT2D eigenvalue weighted by atomic mass is 9.95. The van der Waals surface area contributed by atoms with Crippen LogP contribution >= 0.6 is 0 Å². The van der Waals surface area contributed by atoms with E-state index in [1.165, 1.54) is 13.8 Å². The molecule has 0 aromatic heterocycles. The van der Waals surface area contributed by atoms with Gasteiger partial charge in [0.2, 0.25) is 11.5 Å². The van der Waals surface area contributed by atoms with Crippen molar-refractivity contribution in [2.75, 3.05) is 42.5 Å². The van der Waals surface area contributed by atoms with E-state index in [9.17, 15) is 19.2 Å². The quantitative estimate of drug-likeness (QED) is 0.0739. The topological polar surface area (TPSA) is 142 Å². The Kier molecular flexibility index (Phi) is 20.3. The molecule has 0 N–H and O–H groups in total. The van der Waals surface area contributed by atoms with E-state index >= 15 is 0 Å². The first-order valence-electron chi connectivity index (χ1n) is 23.1. The lowest BCUT2D eigenvalue weighted by Gasteiger charge is -2.47. The molecule has 0 amide bonds. The van der Waals surface area contributed by atoms with E-state index in [1.54, 1.807) is 28.4 Å². The number of unbranched alkanes of at least 4 members (excludes halogenated alkanes) is 6. The molecule has 14 nitrogen and oxygen atoms in total. The fourth-order valence-corrected chi connectivity index (χ4v) is 11.3. The van der Waals surface area contributed by atoms with Gasteiger partial charge in [0.05, 0.1) is 66.7 Å². The number of hydrogen-bond acceptors (Lipinski definition) is 12. The Morgan fingerprint density at radius 2 is 0.769 bits per heavy atom. The highest BCUT2D eigenvalue weighted by Gasteiger charge is 2.54. The van der Waals surface area contributed by atoms with Gasteiger partial charge < -0.3 is 80.8 Å². The number of hydrogen-bond donors (Lipinski definition) is 0. The van der Waals surface area contributed by atoms with E-state index in [4.69, 9.17) is 37.9 Å². The van der Waals surface area contributed by atoms with Crippen molar-refractivity contribution in [3.8, 4) is 34.5 Å². The van der Waals surface area contributed by atoms with Crippen molar-refractivity contribution in [2.24, 2.45) is 0 Å². The molecule has 4 aliphatic heterocycles. The molecule has 4 unspecified atom stereocenters. The van der Waals surface area contributed by atoms with E-state index in [0.29, 0.717) is 71.5 Å². The number of carbonyl (C=O) groups is 4. The molecule has 0 aliphatic carbocycles. The monoisotopic (exact) mass is 1040 g/mol. The van der Waals surface area contributed by atoms with Gasteiger partial charge in [-0.1, -0.05) is 32.1 Å². The van der Waals surface area contributed by atoms with Crippen molar-refractivity contribution in [2.45, 2.75) is 172 Å². The third kappa shape index (κ3) is 13.3. The summed E-state index contributed by atoms with van der Waals surface area (Å²) in [7, 11) is 10.8. The van der Waals surface area contributed by atoms with Crippen molar-refractivity contribution in [1.29, 1.82) is 0 Å². The molecule has 4 saturated heterocycles. The van der Waals surface area contributed by atoms with Crippen molar-refractivity contribution < 1.29 is 100 Å². The van der Waals surface area contributed by atoms with Gasteiger partial charge in [-0.05, 0) is 37.1 Å². The molecule has 0 spiro atoms. The molecule has 0 saturated carbocycles. The first-order valence-corrected chi connectivity index (χ1v) is 23.1. The van der Waals surface area contributed by atoms with Crippen LogP contribution in [0.1, 0.15) is 134 Å². The van der Waals surface area contributed by atoms with Crippen LogP contribution in [0.25, 0.3) is 0 Å². The number of benzene rings is 2. The zero-order valence-corrected chi connectivity index (χ0v) is 42.9. The second kappa shape index (κ2) is 24.4. The second-order valence-corrected chi connectivity index (χ2v) is 18.8. The Morgan fingerprint density at radius 3 is 1.03 bits per heavy atom. The average Bonchev–Trinajstić information content (AvgIpc) is 3.46. The number of halogens is 2. The molecule has 4 fully saturated rings. The van der Waals surface area contributed by atoms with Crippen molar-refractivity contribution in [3.63, 3.8) is 0 Å². The number of esters is 4. The fourth-order valence-electron chi connectivity index (χ4n) is 11.3. The summed E-state index contributed by atoms with van der Waals surface area (Å²) in [5, 5.41) is 0. The number of fused-ring (bicyclic) bond motifs is 4. The minimum atomic E-state index is -0.436. The maximum Gasteiger partial charge on any atom is 0.308 e. The van der Waals surface area contributed by atoms with Crippen LogP contribution in [0.2, 0.25) is 0 Å². The highest BCUT2D eigenvalue weighted by atomic mass is 79.9. The Bertz CT molecular complexity index is 1730. The predicted molar refractivity (Wildman–Crippen MR) is 235 cm³/mol. The smallest absolute Gasteiger partial charge is 0.308 e. The Balaban J connectivity index is 0.00000462. The first kappa shape index (κ1) is 54.0. The number of methoxy groups -OCH3 is 4. The number of ether oxygens (including phenoxy) is 8. The van der Waals surface area contributed by atoms with Crippen molar-refractivity contribution in [3.05, 3.63) is 35.4 Å². The van der Waals surface area contributed by atoms with Crippen molar-refractivity contribution in [1.82, 2.24) is 0 Å². The molecule has 0 radical (unpaired) electrons. The van der Waals surface area contributed by atoms with Crippen LogP contribution in [-0.2, 0) is 41.7 Å². The molecule has 4 bridgehead atoms. The van der Waals surface area contributed by atoms with Crippen LogP contribution < -0.4 is 62.4 Å². The number of rotatable bonds is 22. The maximum atomic E-state index is 12.9. The van der Waals surface area contributed by atoms with Crippen molar-refractivity contribution >= 4 is 23.9 Å². The molecule has 8 atom stereocenters. The molecular formula is C49H72Br2N2O12. The summed E-state index contributed by atoms with van der Waals surface area (Å²) in [6.45, 7) is 4.27. The van der Waals surface area contributed by atoms with Crippen LogP contribution in [0, 0.1) is 0 Å². The molecule has 4 aliphatic rings. The normalized spacial score (nSPS) is 26.2. The Labute approximate surface area is 406 Å². The predicted octanol–water partition coefficient (Wildman–Crippen LogP) is 2.16. The van der Waals surface area contributed by atoms with Crippen LogP contribution in [0.4, 0.5) is 0 Å². The lowest BCUT2D eigenvalue weighted by Crippen LogP contribution is -3.00. The Morgan fingerprint density at radius 1 is 0.492 bits per heavy atom. The third-order valence-corrected chi connectivity index (χ3v) is 14.6. The van der Waals surface area contributed by atoms with E-state index in [1.807, 2.05) is 24.3 Å². The van der Waals surface area contributed by atoms with Crippen LogP contribution in [0.3, 0.4) is 0 Å². The van der Waals surface area contributed by atoms with Gasteiger partial charge in [-0.3, -0.25) is 19.2 Å². The molecule has 2 aromatic rings. The van der Waals surface area contributed by atoms with Gasteiger partial charge in [-0.2, -0.15) is 0 Å². The zero-order valence-electron chi connectivity index (χ0n) is 39.8. The van der Waals surface area contributed by atoms with Gasteiger partial charge >= 0.3 is 23.9 Å². The summed E-state index contributed by atoms with van der Waals surface area (Å²) in [4.78, 5) is 49.2. The average molecular weight is 1040 g/mol. The molecule has 65 heavy (non-hydrogen) atoms. The van der Waals surface area contributed by atoms with Gasteiger partial charge in [0.15, 0.2) is 23.0 Å². The highest BCUT2D eigenvalue weighted by molar-refractivity contribution is 5.73. The first-order chi connectivity index (χ1) is 30.2. The standard InChI is InChI=1S/C49H72N2O12.2BrH/c1-32(52)60-48-42(56-5)22-34(23-43(48)57-6)30-50(3)36-18-19-37(50)27-40(26-36)62-46(54)16-14-12-10-9-11-13-15-17-47(55)63-41-28-38-20-21-39(29-41)51(38,4)31-35-24-44(58-7)49(61-33(2)53)45(25-35)59-8;;/h22-25,36-41H,9-21,26-31H2,1-8H3;2*1H/q+2;;/p-2/t36-,37+,38-,39+,40?,41?,50?,51?;;. The minimum Gasteiger partial charge on any atom is -1.00 e. The molecule has 6 rings (SSSR count). The molecule has 2 aromatic carbocycles. The maximum absolute atomic E-state index is 12.9. The van der Waals surface area contributed by atoms with Gasteiger partial charge in [-0.15, -0.1) is 0 Å². The second-order valence-electron chi connectivity index (χ2n) is 18.8. The highest BCUT2D eigenvalue weighted by Crippen LogP contribution is 2.47. The summed E-state index contributed by atoms with van der Waals surface area (Å²) in [6, 6.07) is 9.28. The Hall–Kier alpha value is -3.60. The van der Waals surface area contributed by atoms with Gasteiger partial charge in [-0.25, -0.2) is 0 Å². The molecule has 16 heteroatoms. The largest absolute Gasteiger partial charge is 1.00 e. The minimum absolute atomic E-state index is 0. The summed E-state index contributed by atoms with van der Waals surface area (Å²) in [5.74, 6) is 1.40. The third-order valence-electron chi connectivity index (χ3n) is 14.6. The summed E-state index contributed by atoms with van der Waals surface area (Å²) in [6.07, 6.45) is 15.5. The molecule has 4 heterocycles. The molecule has 364 valence electrons. The number of quaternary nitrogens is 2. The summed E-state index contributed by atoms with van der Waals surface area (Å²) < 4.78 is 46.9. The molecular weight excluding hydrogens is 968 g/mol.